The van der Waals surface area contributed by atoms with Gasteiger partial charge in [0.25, 0.3) is 11.6 Å². The van der Waals surface area contributed by atoms with Crippen LogP contribution in [0, 0.1) is 10.1 Å². The standard InChI is InChI=1S/C21H22ClN3O6/c1-29-18-7-12(8-19(30-2)20(18)31-3)6-16(23)21(26)24-11-13(10-22)15-5-4-14(25(27)28)9-17(15)24/h4-9,13H,10-11,23H2,1-3H3/b16-6-. The SMILES string of the molecule is COc1cc(/C=C(\N)C(=O)N2CC(CCl)c3ccc([N+](=O)[O-])cc32)cc(OC)c1OC. The minimum absolute atomic E-state index is 0.0537. The van der Waals surface area contributed by atoms with Gasteiger partial charge in [-0.05, 0) is 35.4 Å². The molecular formula is C21H22ClN3O6. The van der Waals surface area contributed by atoms with Gasteiger partial charge in [-0.2, -0.15) is 0 Å². The number of ether oxygens (including phenoxy) is 3. The molecule has 0 fully saturated rings. The molecule has 0 radical (unpaired) electrons. The molecule has 10 heteroatoms. The van der Waals surface area contributed by atoms with Gasteiger partial charge in [-0.3, -0.25) is 14.9 Å². The zero-order chi connectivity index (χ0) is 22.7. The molecular weight excluding hydrogens is 426 g/mol. The summed E-state index contributed by atoms with van der Waals surface area (Å²) >= 11 is 6.06. The number of benzene rings is 2. The summed E-state index contributed by atoms with van der Waals surface area (Å²) in [6, 6.07) is 7.72. The number of anilines is 1. The molecule has 1 aliphatic rings. The number of non-ortho nitro benzene ring substituents is 1. The van der Waals surface area contributed by atoms with Crippen LogP contribution >= 0.6 is 11.6 Å². The number of nitrogens with zero attached hydrogens (tertiary/aromatic N) is 2. The second kappa shape index (κ2) is 9.13. The number of rotatable bonds is 7. The number of hydrogen-bond donors (Lipinski definition) is 1. The Morgan fingerprint density at radius 2 is 1.87 bits per heavy atom. The van der Waals surface area contributed by atoms with Gasteiger partial charge in [-0.25, -0.2) is 0 Å². The summed E-state index contributed by atoms with van der Waals surface area (Å²) in [5.74, 6) is 0.886. The third-order valence-electron chi connectivity index (χ3n) is 5.05. The Morgan fingerprint density at radius 1 is 1.23 bits per heavy atom. The van der Waals surface area contributed by atoms with E-state index in [1.54, 1.807) is 18.2 Å². The summed E-state index contributed by atoms with van der Waals surface area (Å²) in [5, 5.41) is 11.2. The first-order valence-electron chi connectivity index (χ1n) is 9.27. The fourth-order valence-corrected chi connectivity index (χ4v) is 3.81. The van der Waals surface area contributed by atoms with E-state index < -0.39 is 10.8 Å². The predicted octanol–water partition coefficient (Wildman–Crippen LogP) is 3.29. The van der Waals surface area contributed by atoms with Gasteiger partial charge in [0.2, 0.25) is 5.75 Å². The summed E-state index contributed by atoms with van der Waals surface area (Å²) in [5.41, 5.74) is 7.72. The lowest BCUT2D eigenvalue weighted by Crippen LogP contribution is -2.33. The summed E-state index contributed by atoms with van der Waals surface area (Å²) < 4.78 is 15.9. The fourth-order valence-electron chi connectivity index (χ4n) is 3.55. The van der Waals surface area contributed by atoms with E-state index in [-0.39, 0.29) is 29.7 Å². The van der Waals surface area contributed by atoms with Crippen molar-refractivity contribution in [3.8, 4) is 17.2 Å². The van der Waals surface area contributed by atoms with Gasteiger partial charge in [0.1, 0.15) is 0 Å². The number of nitro groups is 1. The number of carbonyl (C=O) groups excluding carboxylic acids is 1. The molecule has 1 heterocycles. The minimum atomic E-state index is -0.508. The van der Waals surface area contributed by atoms with Crippen molar-refractivity contribution in [1.29, 1.82) is 0 Å². The number of carbonyl (C=O) groups is 1. The van der Waals surface area contributed by atoms with Crippen molar-refractivity contribution in [2.75, 3.05) is 38.7 Å². The van der Waals surface area contributed by atoms with E-state index in [1.807, 2.05) is 0 Å². The highest BCUT2D eigenvalue weighted by molar-refractivity contribution is 6.19. The molecule has 0 spiro atoms. The lowest BCUT2D eigenvalue weighted by Gasteiger charge is -2.18. The Kier molecular flexibility index (Phi) is 6.55. The van der Waals surface area contributed by atoms with Crippen LogP contribution in [0.5, 0.6) is 17.2 Å². The molecule has 2 aromatic carbocycles. The molecule has 0 aliphatic carbocycles. The number of halogens is 1. The van der Waals surface area contributed by atoms with Gasteiger partial charge in [-0.1, -0.05) is 0 Å². The quantitative estimate of drug-likeness (QED) is 0.299. The van der Waals surface area contributed by atoms with Crippen molar-refractivity contribution < 1.29 is 23.9 Å². The molecule has 3 rings (SSSR count). The Morgan fingerprint density at radius 3 is 2.39 bits per heavy atom. The predicted molar refractivity (Wildman–Crippen MR) is 117 cm³/mol. The zero-order valence-electron chi connectivity index (χ0n) is 17.3. The molecule has 2 N–H and O–H groups in total. The minimum Gasteiger partial charge on any atom is -0.493 e. The highest BCUT2D eigenvalue weighted by Crippen LogP contribution is 2.41. The maximum atomic E-state index is 13.1. The average molecular weight is 448 g/mol. The van der Waals surface area contributed by atoms with Crippen LogP contribution in [-0.2, 0) is 4.79 Å². The van der Waals surface area contributed by atoms with Crippen molar-refractivity contribution in [3.63, 3.8) is 0 Å². The number of nitro benzene ring substituents is 1. The van der Waals surface area contributed by atoms with E-state index in [9.17, 15) is 14.9 Å². The smallest absolute Gasteiger partial charge is 0.274 e. The summed E-state index contributed by atoms with van der Waals surface area (Å²) in [6.45, 7) is 0.280. The number of methoxy groups -OCH3 is 3. The van der Waals surface area contributed by atoms with Crippen molar-refractivity contribution >= 4 is 35.0 Å². The van der Waals surface area contributed by atoms with Crippen molar-refractivity contribution in [2.45, 2.75) is 5.92 Å². The lowest BCUT2D eigenvalue weighted by molar-refractivity contribution is -0.384. The lowest BCUT2D eigenvalue weighted by atomic mass is 10.0. The highest BCUT2D eigenvalue weighted by atomic mass is 35.5. The van der Waals surface area contributed by atoms with E-state index in [0.29, 0.717) is 28.5 Å². The molecule has 0 saturated carbocycles. The molecule has 9 nitrogen and oxygen atoms in total. The zero-order valence-corrected chi connectivity index (χ0v) is 18.0. The van der Waals surface area contributed by atoms with E-state index in [0.717, 1.165) is 5.56 Å². The number of alkyl halides is 1. The summed E-state index contributed by atoms with van der Waals surface area (Å²) in [4.78, 5) is 25.2. The molecule has 1 atom stereocenters. The molecule has 31 heavy (non-hydrogen) atoms. The summed E-state index contributed by atoms with van der Waals surface area (Å²) in [6.07, 6.45) is 1.48. The largest absolute Gasteiger partial charge is 0.493 e. The van der Waals surface area contributed by atoms with E-state index >= 15 is 0 Å². The first-order chi connectivity index (χ1) is 14.8. The number of fused-ring (bicyclic) bond motifs is 1. The first-order valence-corrected chi connectivity index (χ1v) is 9.81. The van der Waals surface area contributed by atoms with Crippen LogP contribution in [0.3, 0.4) is 0 Å². The molecule has 1 aliphatic heterocycles. The third-order valence-corrected chi connectivity index (χ3v) is 5.42. The monoisotopic (exact) mass is 447 g/mol. The van der Waals surface area contributed by atoms with Crippen LogP contribution in [0.2, 0.25) is 0 Å². The molecule has 0 aromatic heterocycles. The van der Waals surface area contributed by atoms with Crippen LogP contribution in [-0.4, -0.2) is 44.6 Å². The van der Waals surface area contributed by atoms with Gasteiger partial charge < -0.3 is 24.8 Å². The maximum Gasteiger partial charge on any atom is 0.274 e. The van der Waals surface area contributed by atoms with E-state index in [2.05, 4.69) is 0 Å². The second-order valence-electron chi connectivity index (χ2n) is 6.83. The first kappa shape index (κ1) is 22.2. The van der Waals surface area contributed by atoms with Gasteiger partial charge in [0.05, 0.1) is 37.6 Å². The Hall–Kier alpha value is -3.46. The Labute approximate surface area is 184 Å². The van der Waals surface area contributed by atoms with Crippen LogP contribution in [0.25, 0.3) is 6.08 Å². The highest BCUT2D eigenvalue weighted by Gasteiger charge is 2.34. The number of amides is 1. The molecule has 164 valence electrons. The topological polar surface area (TPSA) is 117 Å². The number of nitrogens with two attached hydrogens (primary N) is 1. The average Bonchev–Trinajstić information content (AvgIpc) is 3.15. The van der Waals surface area contributed by atoms with Crippen LogP contribution in [0.1, 0.15) is 17.0 Å². The van der Waals surface area contributed by atoms with Crippen LogP contribution < -0.4 is 24.8 Å². The Bertz CT molecular complexity index is 1030. The normalized spacial score (nSPS) is 15.4. The van der Waals surface area contributed by atoms with E-state index in [4.69, 9.17) is 31.5 Å². The third kappa shape index (κ3) is 4.22. The Balaban J connectivity index is 1.98. The van der Waals surface area contributed by atoms with E-state index in [1.165, 1.54) is 44.4 Å². The van der Waals surface area contributed by atoms with Crippen LogP contribution in [0.15, 0.2) is 36.0 Å². The molecule has 0 saturated heterocycles. The van der Waals surface area contributed by atoms with Gasteiger partial charge in [0, 0.05) is 30.5 Å². The molecule has 2 aromatic rings. The van der Waals surface area contributed by atoms with Crippen molar-refractivity contribution in [2.24, 2.45) is 5.73 Å². The van der Waals surface area contributed by atoms with Gasteiger partial charge >= 0.3 is 0 Å². The molecule has 1 unspecified atom stereocenters. The van der Waals surface area contributed by atoms with Crippen molar-refractivity contribution in [3.05, 3.63) is 57.3 Å². The molecule has 1 amide bonds. The second-order valence-corrected chi connectivity index (χ2v) is 7.13. The molecule has 0 bridgehead atoms. The van der Waals surface area contributed by atoms with Crippen molar-refractivity contribution in [1.82, 2.24) is 0 Å². The fraction of sp³-hybridized carbons (Fsp3) is 0.286. The number of hydrogen-bond acceptors (Lipinski definition) is 7. The van der Waals surface area contributed by atoms with Gasteiger partial charge in [0.15, 0.2) is 11.5 Å². The van der Waals surface area contributed by atoms with Crippen LogP contribution in [0.4, 0.5) is 11.4 Å². The van der Waals surface area contributed by atoms with Gasteiger partial charge in [-0.15, -0.1) is 11.6 Å². The maximum absolute atomic E-state index is 13.1. The summed E-state index contributed by atoms with van der Waals surface area (Å²) in [7, 11) is 4.46.